The third-order valence-corrected chi connectivity index (χ3v) is 4.50. The minimum Gasteiger partial charge on any atom is -0.393 e. The number of rotatable bonds is 15. The largest absolute Gasteiger partial charge is 0.393 e. The molecule has 0 aliphatic heterocycles. The molecule has 126 valence electrons. The maximum absolute atomic E-state index is 10.2. The Bertz CT molecular complexity index is 224. The fourth-order valence-electron chi connectivity index (χ4n) is 3.13. The first-order chi connectivity index (χ1) is 10.1. The quantitative estimate of drug-likeness (QED) is 0.270. The topological polar surface area (TPSA) is 20.2 Å². The third kappa shape index (κ3) is 14.4. The monoisotopic (exact) mass is 296 g/mol. The number of hydrogen-bond acceptors (Lipinski definition) is 1. The van der Waals surface area contributed by atoms with Gasteiger partial charge in [0.15, 0.2) is 0 Å². The lowest BCUT2D eigenvalue weighted by Gasteiger charge is -2.19. The Morgan fingerprint density at radius 3 is 1.95 bits per heavy atom. The van der Waals surface area contributed by atoms with Crippen molar-refractivity contribution in [2.24, 2.45) is 11.8 Å². The SMILES string of the molecule is C=CCCCCCCC[C@@H](C)C[C@H](O)C[C@H](C)CCCC. The van der Waals surface area contributed by atoms with E-state index in [4.69, 9.17) is 0 Å². The van der Waals surface area contributed by atoms with Crippen molar-refractivity contribution in [2.45, 2.75) is 104 Å². The molecule has 0 radical (unpaired) electrons. The van der Waals surface area contributed by atoms with E-state index in [1.807, 2.05) is 6.08 Å². The van der Waals surface area contributed by atoms with Gasteiger partial charge < -0.3 is 5.11 Å². The normalized spacial score (nSPS) is 15.6. The lowest BCUT2D eigenvalue weighted by molar-refractivity contribution is 0.115. The van der Waals surface area contributed by atoms with Crippen molar-refractivity contribution in [3.8, 4) is 0 Å². The molecule has 0 aromatic heterocycles. The summed E-state index contributed by atoms with van der Waals surface area (Å²) in [6, 6.07) is 0. The van der Waals surface area contributed by atoms with Crippen LogP contribution in [0.2, 0.25) is 0 Å². The molecule has 0 spiro atoms. The minimum absolute atomic E-state index is 0.0838. The molecule has 0 aliphatic carbocycles. The summed E-state index contributed by atoms with van der Waals surface area (Å²) in [4.78, 5) is 0. The highest BCUT2D eigenvalue weighted by Crippen LogP contribution is 2.21. The van der Waals surface area contributed by atoms with Crippen LogP contribution in [0.5, 0.6) is 0 Å². The molecule has 0 saturated carbocycles. The first-order valence-corrected chi connectivity index (χ1v) is 9.39. The maximum atomic E-state index is 10.2. The molecule has 1 N–H and O–H groups in total. The van der Waals surface area contributed by atoms with Crippen molar-refractivity contribution in [3.63, 3.8) is 0 Å². The standard InChI is InChI=1S/C20H40O/c1-5-7-9-10-11-12-13-15-19(4)17-20(21)16-18(3)14-8-6-2/h5,18-21H,1,6-17H2,2-4H3/t18-,19-,20-/m1/s1. The van der Waals surface area contributed by atoms with Crippen LogP contribution in [0.4, 0.5) is 0 Å². The van der Waals surface area contributed by atoms with E-state index < -0.39 is 0 Å². The second-order valence-electron chi connectivity index (χ2n) is 7.11. The summed E-state index contributed by atoms with van der Waals surface area (Å²) in [7, 11) is 0. The van der Waals surface area contributed by atoms with E-state index in [0.717, 1.165) is 12.8 Å². The maximum Gasteiger partial charge on any atom is 0.0545 e. The summed E-state index contributed by atoms with van der Waals surface area (Å²) >= 11 is 0. The van der Waals surface area contributed by atoms with Gasteiger partial charge in [-0.05, 0) is 37.5 Å². The molecular weight excluding hydrogens is 256 g/mol. The molecule has 0 aromatic carbocycles. The first kappa shape index (κ1) is 20.7. The summed E-state index contributed by atoms with van der Waals surface area (Å²) in [5, 5.41) is 10.2. The molecular formula is C20H40O. The van der Waals surface area contributed by atoms with Gasteiger partial charge in [-0.15, -0.1) is 6.58 Å². The number of aliphatic hydroxyl groups is 1. The van der Waals surface area contributed by atoms with Gasteiger partial charge >= 0.3 is 0 Å². The number of unbranched alkanes of at least 4 members (excludes halogenated alkanes) is 6. The van der Waals surface area contributed by atoms with Crippen LogP contribution in [-0.4, -0.2) is 11.2 Å². The lowest BCUT2D eigenvalue weighted by atomic mass is 9.90. The molecule has 1 nitrogen and oxygen atoms in total. The summed E-state index contributed by atoms with van der Waals surface area (Å²) in [6.07, 6.45) is 16.9. The molecule has 0 amide bonds. The Hall–Kier alpha value is -0.300. The van der Waals surface area contributed by atoms with Crippen molar-refractivity contribution >= 4 is 0 Å². The Morgan fingerprint density at radius 2 is 1.38 bits per heavy atom. The molecule has 0 fully saturated rings. The van der Waals surface area contributed by atoms with Crippen LogP contribution >= 0.6 is 0 Å². The smallest absolute Gasteiger partial charge is 0.0545 e. The molecule has 21 heavy (non-hydrogen) atoms. The highest BCUT2D eigenvalue weighted by Gasteiger charge is 2.13. The van der Waals surface area contributed by atoms with Crippen LogP contribution in [-0.2, 0) is 0 Å². The van der Waals surface area contributed by atoms with E-state index in [9.17, 15) is 5.11 Å². The van der Waals surface area contributed by atoms with Crippen LogP contribution in [0.15, 0.2) is 12.7 Å². The molecule has 1 heteroatoms. The zero-order chi connectivity index (χ0) is 15.9. The van der Waals surface area contributed by atoms with E-state index in [-0.39, 0.29) is 6.10 Å². The Kier molecular flexibility index (Phi) is 14.4. The van der Waals surface area contributed by atoms with E-state index in [1.165, 1.54) is 64.2 Å². The van der Waals surface area contributed by atoms with Gasteiger partial charge in [0.25, 0.3) is 0 Å². The fourth-order valence-corrected chi connectivity index (χ4v) is 3.13. The Labute approximate surface area is 134 Å². The lowest BCUT2D eigenvalue weighted by Crippen LogP contribution is -2.15. The zero-order valence-corrected chi connectivity index (χ0v) is 14.9. The molecule has 0 aliphatic rings. The molecule has 0 rings (SSSR count). The van der Waals surface area contributed by atoms with Crippen LogP contribution in [0.25, 0.3) is 0 Å². The molecule has 0 bridgehead atoms. The average molecular weight is 297 g/mol. The molecule has 0 aromatic rings. The Morgan fingerprint density at radius 1 is 0.857 bits per heavy atom. The van der Waals surface area contributed by atoms with Gasteiger partial charge in [-0.1, -0.05) is 78.2 Å². The van der Waals surface area contributed by atoms with Gasteiger partial charge in [-0.3, -0.25) is 0 Å². The third-order valence-electron chi connectivity index (χ3n) is 4.50. The fraction of sp³-hybridized carbons (Fsp3) is 0.900. The van der Waals surface area contributed by atoms with Crippen molar-refractivity contribution in [3.05, 3.63) is 12.7 Å². The van der Waals surface area contributed by atoms with Crippen molar-refractivity contribution in [1.82, 2.24) is 0 Å². The number of hydrogen-bond donors (Lipinski definition) is 1. The second kappa shape index (κ2) is 14.6. The van der Waals surface area contributed by atoms with Gasteiger partial charge in [0.2, 0.25) is 0 Å². The highest BCUT2D eigenvalue weighted by molar-refractivity contribution is 4.67. The van der Waals surface area contributed by atoms with Crippen molar-refractivity contribution in [2.75, 3.05) is 0 Å². The number of aliphatic hydroxyl groups excluding tert-OH is 1. The molecule has 0 heterocycles. The molecule has 0 saturated heterocycles. The molecule has 3 atom stereocenters. The summed E-state index contributed by atoms with van der Waals surface area (Å²) in [5.74, 6) is 1.35. The number of allylic oxidation sites excluding steroid dienone is 1. The summed E-state index contributed by atoms with van der Waals surface area (Å²) in [5.41, 5.74) is 0. The van der Waals surface area contributed by atoms with Gasteiger partial charge in [0.1, 0.15) is 0 Å². The van der Waals surface area contributed by atoms with Crippen LogP contribution in [0.3, 0.4) is 0 Å². The van der Waals surface area contributed by atoms with Crippen LogP contribution < -0.4 is 0 Å². The highest BCUT2D eigenvalue weighted by atomic mass is 16.3. The van der Waals surface area contributed by atoms with E-state index >= 15 is 0 Å². The van der Waals surface area contributed by atoms with Crippen LogP contribution in [0, 0.1) is 11.8 Å². The van der Waals surface area contributed by atoms with E-state index in [2.05, 4.69) is 27.4 Å². The first-order valence-electron chi connectivity index (χ1n) is 9.39. The van der Waals surface area contributed by atoms with Crippen LogP contribution in [0.1, 0.15) is 97.8 Å². The molecule has 0 unspecified atom stereocenters. The van der Waals surface area contributed by atoms with Gasteiger partial charge in [-0.2, -0.15) is 0 Å². The van der Waals surface area contributed by atoms with Gasteiger partial charge in [-0.25, -0.2) is 0 Å². The van der Waals surface area contributed by atoms with Crippen molar-refractivity contribution < 1.29 is 5.11 Å². The Balaban J connectivity index is 3.50. The van der Waals surface area contributed by atoms with E-state index in [1.54, 1.807) is 0 Å². The zero-order valence-electron chi connectivity index (χ0n) is 14.9. The predicted molar refractivity (Wildman–Crippen MR) is 95.6 cm³/mol. The minimum atomic E-state index is -0.0838. The van der Waals surface area contributed by atoms with E-state index in [0.29, 0.717) is 11.8 Å². The predicted octanol–water partition coefficient (Wildman–Crippen LogP) is 6.51. The second-order valence-corrected chi connectivity index (χ2v) is 7.11. The van der Waals surface area contributed by atoms with Crippen molar-refractivity contribution in [1.29, 1.82) is 0 Å². The van der Waals surface area contributed by atoms with Gasteiger partial charge in [0, 0.05) is 0 Å². The summed E-state index contributed by atoms with van der Waals surface area (Å²) in [6.45, 7) is 10.6. The van der Waals surface area contributed by atoms with Gasteiger partial charge in [0.05, 0.1) is 6.10 Å². The average Bonchev–Trinajstić information content (AvgIpc) is 2.43. The summed E-state index contributed by atoms with van der Waals surface area (Å²) < 4.78 is 0.